The molecule has 3 N–H and O–H groups in total. The number of piperidine rings is 1. The molecule has 1 heterocycles. The van der Waals surface area contributed by atoms with E-state index in [4.69, 9.17) is 5.73 Å². The monoisotopic (exact) mass is 297 g/mol. The lowest BCUT2D eigenvalue weighted by Gasteiger charge is -2.32. The molecule has 1 aliphatic heterocycles. The molecule has 1 saturated heterocycles. The van der Waals surface area contributed by atoms with E-state index < -0.39 is 0 Å². The maximum absolute atomic E-state index is 11.4. The average Bonchev–Trinajstić information content (AvgIpc) is 3.05. The molecule has 0 aromatic heterocycles. The zero-order valence-electron chi connectivity index (χ0n) is 10.8. The minimum atomic E-state index is 0. The second-order valence-electron chi connectivity index (χ2n) is 5.12. The molecule has 18 heavy (non-hydrogen) atoms. The van der Waals surface area contributed by atoms with Crippen molar-refractivity contribution in [1.82, 2.24) is 10.2 Å². The molecule has 2 rings (SSSR count). The summed E-state index contributed by atoms with van der Waals surface area (Å²) in [5.41, 5.74) is 5.35. The predicted octanol–water partition coefficient (Wildman–Crippen LogP) is 1.17. The fraction of sp³-hybridized carbons (Fsp3) is 0.917. The number of nitrogens with two attached hydrogens (primary N) is 1. The number of amides is 1. The number of nitrogens with zero attached hydrogens (tertiary/aromatic N) is 1. The summed E-state index contributed by atoms with van der Waals surface area (Å²) in [6, 6.07) is 0.384. The van der Waals surface area contributed by atoms with E-state index in [9.17, 15) is 4.79 Å². The van der Waals surface area contributed by atoms with Crippen LogP contribution >= 0.6 is 24.8 Å². The standard InChI is InChI=1S/C12H23N3O.2ClH/c13-6-3-12(16)14-11-4-7-15(8-5-11)9-10-1-2-10;;/h10-11H,1-9,13H2,(H,14,16);2*1H. The van der Waals surface area contributed by atoms with Gasteiger partial charge in [-0.05, 0) is 31.6 Å². The van der Waals surface area contributed by atoms with Crippen LogP contribution in [0.4, 0.5) is 0 Å². The van der Waals surface area contributed by atoms with Crippen molar-refractivity contribution in [1.29, 1.82) is 0 Å². The third-order valence-corrected chi connectivity index (χ3v) is 3.54. The van der Waals surface area contributed by atoms with Gasteiger partial charge in [-0.25, -0.2) is 0 Å². The Kier molecular flexibility index (Phi) is 8.95. The zero-order chi connectivity index (χ0) is 11.4. The number of carbonyl (C=O) groups excluding carboxylic acids is 1. The minimum Gasteiger partial charge on any atom is -0.353 e. The highest BCUT2D eigenvalue weighted by molar-refractivity contribution is 5.85. The Morgan fingerprint density at radius 2 is 1.78 bits per heavy atom. The van der Waals surface area contributed by atoms with E-state index in [2.05, 4.69) is 10.2 Å². The number of nitrogens with one attached hydrogen (secondary N) is 1. The van der Waals surface area contributed by atoms with Gasteiger partial charge in [0.1, 0.15) is 0 Å². The van der Waals surface area contributed by atoms with E-state index in [1.807, 2.05) is 0 Å². The molecule has 2 aliphatic rings. The summed E-state index contributed by atoms with van der Waals surface area (Å²) in [7, 11) is 0. The van der Waals surface area contributed by atoms with Gasteiger partial charge in [0.05, 0.1) is 0 Å². The molecule has 4 nitrogen and oxygen atoms in total. The molecule has 0 bridgehead atoms. The second kappa shape index (κ2) is 8.97. The average molecular weight is 298 g/mol. The van der Waals surface area contributed by atoms with Crippen molar-refractivity contribution in [2.45, 2.75) is 38.1 Å². The van der Waals surface area contributed by atoms with Crippen LogP contribution in [-0.2, 0) is 4.79 Å². The number of likely N-dealkylation sites (tertiary alicyclic amines) is 1. The van der Waals surface area contributed by atoms with Crippen molar-refractivity contribution >= 4 is 30.7 Å². The van der Waals surface area contributed by atoms with Gasteiger partial charge in [0, 0.05) is 38.6 Å². The molecule has 1 amide bonds. The van der Waals surface area contributed by atoms with Crippen LogP contribution in [0.5, 0.6) is 0 Å². The third kappa shape index (κ3) is 6.23. The summed E-state index contributed by atoms with van der Waals surface area (Å²) in [6.45, 7) is 4.02. The smallest absolute Gasteiger partial charge is 0.221 e. The van der Waals surface area contributed by atoms with E-state index in [-0.39, 0.29) is 30.7 Å². The lowest BCUT2D eigenvalue weighted by atomic mass is 10.0. The first kappa shape index (κ1) is 18.0. The quantitative estimate of drug-likeness (QED) is 0.801. The number of halogens is 2. The Hall–Kier alpha value is -0.0300. The van der Waals surface area contributed by atoms with Gasteiger partial charge in [-0.1, -0.05) is 0 Å². The molecular weight excluding hydrogens is 273 g/mol. The van der Waals surface area contributed by atoms with Crippen molar-refractivity contribution < 1.29 is 4.79 Å². The van der Waals surface area contributed by atoms with Gasteiger partial charge in [0.15, 0.2) is 0 Å². The van der Waals surface area contributed by atoms with Crippen molar-refractivity contribution in [3.8, 4) is 0 Å². The van der Waals surface area contributed by atoms with Gasteiger partial charge < -0.3 is 16.0 Å². The van der Waals surface area contributed by atoms with Gasteiger partial charge in [-0.3, -0.25) is 4.79 Å². The number of hydrogen-bond acceptors (Lipinski definition) is 3. The highest BCUT2D eigenvalue weighted by Gasteiger charge is 2.27. The predicted molar refractivity (Wildman–Crippen MR) is 78.5 cm³/mol. The first-order valence-electron chi connectivity index (χ1n) is 6.49. The van der Waals surface area contributed by atoms with Crippen LogP contribution in [0.25, 0.3) is 0 Å². The molecule has 0 atom stereocenters. The fourth-order valence-electron chi connectivity index (χ4n) is 2.36. The van der Waals surface area contributed by atoms with Crippen LogP contribution in [0.15, 0.2) is 0 Å². The lowest BCUT2D eigenvalue weighted by molar-refractivity contribution is -0.121. The van der Waals surface area contributed by atoms with Gasteiger partial charge >= 0.3 is 0 Å². The fourth-order valence-corrected chi connectivity index (χ4v) is 2.36. The van der Waals surface area contributed by atoms with E-state index in [0.29, 0.717) is 19.0 Å². The first-order chi connectivity index (χ1) is 7.78. The largest absolute Gasteiger partial charge is 0.353 e. The maximum atomic E-state index is 11.4. The lowest BCUT2D eigenvalue weighted by Crippen LogP contribution is -2.45. The summed E-state index contributed by atoms with van der Waals surface area (Å²) in [4.78, 5) is 13.9. The molecule has 0 radical (unpaired) electrons. The van der Waals surface area contributed by atoms with Crippen LogP contribution in [0.2, 0.25) is 0 Å². The Bertz CT molecular complexity index is 241. The zero-order valence-corrected chi connectivity index (χ0v) is 12.4. The van der Waals surface area contributed by atoms with E-state index in [0.717, 1.165) is 31.8 Å². The molecule has 108 valence electrons. The molecular formula is C12H25Cl2N3O. The summed E-state index contributed by atoms with van der Waals surface area (Å²) in [5.74, 6) is 1.09. The van der Waals surface area contributed by atoms with Crippen LogP contribution < -0.4 is 11.1 Å². The van der Waals surface area contributed by atoms with E-state index in [1.54, 1.807) is 0 Å². The van der Waals surface area contributed by atoms with E-state index >= 15 is 0 Å². The molecule has 2 fully saturated rings. The van der Waals surface area contributed by atoms with Gasteiger partial charge in [-0.15, -0.1) is 24.8 Å². The topological polar surface area (TPSA) is 58.4 Å². The minimum absolute atomic E-state index is 0. The molecule has 1 aliphatic carbocycles. The van der Waals surface area contributed by atoms with Crippen molar-refractivity contribution in [3.05, 3.63) is 0 Å². The molecule has 0 aromatic carbocycles. The second-order valence-corrected chi connectivity index (χ2v) is 5.12. The Morgan fingerprint density at radius 1 is 1.17 bits per heavy atom. The SMILES string of the molecule is Cl.Cl.NCCC(=O)NC1CCN(CC2CC2)CC1. The summed E-state index contributed by atoms with van der Waals surface area (Å²) >= 11 is 0. The molecule has 1 saturated carbocycles. The number of carbonyl (C=O) groups is 1. The van der Waals surface area contributed by atoms with Crippen LogP contribution in [0.1, 0.15) is 32.1 Å². The maximum Gasteiger partial charge on any atom is 0.221 e. The van der Waals surface area contributed by atoms with Crippen LogP contribution in [0.3, 0.4) is 0 Å². The van der Waals surface area contributed by atoms with E-state index in [1.165, 1.54) is 19.4 Å². The van der Waals surface area contributed by atoms with Gasteiger partial charge in [0.2, 0.25) is 5.91 Å². The van der Waals surface area contributed by atoms with Gasteiger partial charge in [0.25, 0.3) is 0 Å². The summed E-state index contributed by atoms with van der Waals surface area (Å²) in [6.07, 6.45) is 5.51. The normalized spacial score (nSPS) is 20.7. The van der Waals surface area contributed by atoms with Crippen LogP contribution in [-0.4, -0.2) is 43.0 Å². The molecule has 6 heteroatoms. The highest BCUT2D eigenvalue weighted by Crippen LogP contribution is 2.30. The Morgan fingerprint density at radius 3 is 2.28 bits per heavy atom. The van der Waals surface area contributed by atoms with Crippen LogP contribution in [0, 0.1) is 5.92 Å². The van der Waals surface area contributed by atoms with Crippen molar-refractivity contribution in [2.75, 3.05) is 26.2 Å². The molecule has 0 spiro atoms. The van der Waals surface area contributed by atoms with Crippen molar-refractivity contribution in [3.63, 3.8) is 0 Å². The summed E-state index contributed by atoms with van der Waals surface area (Å²) in [5, 5.41) is 3.06. The first-order valence-corrected chi connectivity index (χ1v) is 6.49. The Balaban J connectivity index is 0.00000144. The van der Waals surface area contributed by atoms with Gasteiger partial charge in [-0.2, -0.15) is 0 Å². The highest BCUT2D eigenvalue weighted by atomic mass is 35.5. The number of hydrogen-bond donors (Lipinski definition) is 2. The third-order valence-electron chi connectivity index (χ3n) is 3.54. The Labute approximate surface area is 122 Å². The summed E-state index contributed by atoms with van der Waals surface area (Å²) < 4.78 is 0. The number of rotatable bonds is 5. The molecule has 0 aromatic rings. The van der Waals surface area contributed by atoms with Crippen molar-refractivity contribution in [2.24, 2.45) is 11.7 Å². The molecule has 0 unspecified atom stereocenters.